The zero-order valence-corrected chi connectivity index (χ0v) is 15.6. The Balaban J connectivity index is 1.99. The zero-order chi connectivity index (χ0) is 18.1. The van der Waals surface area contributed by atoms with Gasteiger partial charge in [0, 0.05) is 13.2 Å². The largest absolute Gasteiger partial charge is 0.493 e. The number of aliphatic hydroxyl groups is 1. The van der Waals surface area contributed by atoms with Crippen molar-refractivity contribution in [3.05, 3.63) is 58.1 Å². The average molecular weight is 364 g/mol. The topological polar surface area (TPSA) is 50.7 Å². The second-order valence-corrected chi connectivity index (χ2v) is 6.40. The van der Waals surface area contributed by atoms with Crippen LogP contribution in [0.25, 0.3) is 0 Å². The summed E-state index contributed by atoms with van der Waals surface area (Å²) < 4.78 is 11.3. The van der Waals surface area contributed by atoms with Gasteiger partial charge in [0.05, 0.1) is 12.1 Å². The highest BCUT2D eigenvalue weighted by molar-refractivity contribution is 6.32. The molecule has 0 aliphatic carbocycles. The molecular weight excluding hydrogens is 338 g/mol. The van der Waals surface area contributed by atoms with Gasteiger partial charge in [-0.2, -0.15) is 0 Å². The first-order chi connectivity index (χ1) is 12.1. The zero-order valence-electron chi connectivity index (χ0n) is 14.8. The van der Waals surface area contributed by atoms with Crippen LogP contribution in [0.4, 0.5) is 0 Å². The molecule has 0 bridgehead atoms. The molecule has 0 aliphatic rings. The Labute approximate surface area is 154 Å². The van der Waals surface area contributed by atoms with Gasteiger partial charge in [0.1, 0.15) is 6.61 Å². The molecule has 0 saturated heterocycles. The number of rotatable bonds is 10. The van der Waals surface area contributed by atoms with Crippen LogP contribution in [0.15, 0.2) is 36.4 Å². The van der Waals surface area contributed by atoms with Crippen LogP contribution in [-0.2, 0) is 13.2 Å². The Morgan fingerprint density at radius 1 is 1.08 bits per heavy atom. The summed E-state index contributed by atoms with van der Waals surface area (Å²) in [7, 11) is 1.61. The maximum absolute atomic E-state index is 8.79. The van der Waals surface area contributed by atoms with E-state index in [0.717, 1.165) is 30.5 Å². The predicted molar refractivity (Wildman–Crippen MR) is 102 cm³/mol. The monoisotopic (exact) mass is 363 g/mol. The molecule has 0 saturated carbocycles. The summed E-state index contributed by atoms with van der Waals surface area (Å²) >= 11 is 6.40. The van der Waals surface area contributed by atoms with Crippen molar-refractivity contribution in [3.8, 4) is 11.5 Å². The third-order valence-corrected chi connectivity index (χ3v) is 4.16. The van der Waals surface area contributed by atoms with Crippen LogP contribution in [0.5, 0.6) is 11.5 Å². The van der Waals surface area contributed by atoms with E-state index >= 15 is 0 Å². The fraction of sp³-hybridized carbons (Fsp3) is 0.400. The molecule has 5 heteroatoms. The van der Waals surface area contributed by atoms with E-state index in [4.69, 9.17) is 26.2 Å². The van der Waals surface area contributed by atoms with E-state index in [2.05, 4.69) is 24.4 Å². The van der Waals surface area contributed by atoms with Crippen molar-refractivity contribution in [2.75, 3.05) is 20.3 Å². The number of ether oxygens (including phenoxy) is 2. The van der Waals surface area contributed by atoms with Crippen molar-refractivity contribution in [1.29, 1.82) is 0 Å². The van der Waals surface area contributed by atoms with Crippen LogP contribution in [0.2, 0.25) is 5.02 Å². The van der Waals surface area contributed by atoms with Crippen molar-refractivity contribution in [1.82, 2.24) is 5.32 Å². The number of nitrogens with one attached hydrogen (secondary N) is 1. The Bertz CT molecular complexity index is 659. The fourth-order valence-corrected chi connectivity index (χ4v) is 2.74. The molecule has 0 atom stereocenters. The van der Waals surface area contributed by atoms with E-state index in [-0.39, 0.29) is 6.61 Å². The lowest BCUT2D eigenvalue weighted by atomic mass is 10.1. The normalized spacial score (nSPS) is 10.7. The first kappa shape index (κ1) is 19.6. The molecule has 0 spiro atoms. The summed E-state index contributed by atoms with van der Waals surface area (Å²) in [5.74, 6) is 1.19. The SMILES string of the molecule is COc1cc(CNCCCCO)cc(Cl)c1OCc1ccc(C)cc1. The number of hydrogen-bond acceptors (Lipinski definition) is 4. The highest BCUT2D eigenvalue weighted by Gasteiger charge is 2.12. The lowest BCUT2D eigenvalue weighted by Crippen LogP contribution is -2.15. The van der Waals surface area contributed by atoms with Gasteiger partial charge in [0.15, 0.2) is 11.5 Å². The Morgan fingerprint density at radius 3 is 2.52 bits per heavy atom. The fourth-order valence-electron chi connectivity index (χ4n) is 2.45. The molecule has 0 amide bonds. The lowest BCUT2D eigenvalue weighted by molar-refractivity contribution is 0.283. The van der Waals surface area contributed by atoms with Crippen LogP contribution in [-0.4, -0.2) is 25.4 Å². The first-order valence-electron chi connectivity index (χ1n) is 8.50. The molecule has 0 heterocycles. The number of unbranched alkanes of at least 4 members (excludes halogenated alkanes) is 1. The van der Waals surface area contributed by atoms with E-state index in [9.17, 15) is 0 Å². The van der Waals surface area contributed by atoms with E-state index < -0.39 is 0 Å². The quantitative estimate of drug-likeness (QED) is 0.624. The third kappa shape index (κ3) is 6.24. The molecule has 4 nitrogen and oxygen atoms in total. The second-order valence-electron chi connectivity index (χ2n) is 5.99. The van der Waals surface area contributed by atoms with Gasteiger partial charge in [0.25, 0.3) is 0 Å². The smallest absolute Gasteiger partial charge is 0.180 e. The average Bonchev–Trinajstić information content (AvgIpc) is 2.61. The number of benzene rings is 2. The molecule has 2 aromatic carbocycles. The number of aryl methyl sites for hydroxylation is 1. The van der Waals surface area contributed by atoms with Crippen LogP contribution in [0.1, 0.15) is 29.5 Å². The van der Waals surface area contributed by atoms with E-state index in [0.29, 0.717) is 29.7 Å². The van der Waals surface area contributed by atoms with Gasteiger partial charge in [-0.05, 0) is 49.6 Å². The van der Waals surface area contributed by atoms with E-state index in [1.807, 2.05) is 24.3 Å². The van der Waals surface area contributed by atoms with Crippen LogP contribution in [0, 0.1) is 6.92 Å². The molecule has 2 aromatic rings. The summed E-state index contributed by atoms with van der Waals surface area (Å²) in [6.45, 7) is 4.27. The maximum atomic E-state index is 8.79. The Hall–Kier alpha value is -1.75. The number of halogens is 1. The third-order valence-electron chi connectivity index (χ3n) is 3.88. The highest BCUT2D eigenvalue weighted by atomic mass is 35.5. The van der Waals surface area contributed by atoms with Gasteiger partial charge in [-0.1, -0.05) is 41.4 Å². The molecule has 0 aliphatic heterocycles. The molecule has 2 rings (SSSR count). The standard InChI is InChI=1S/C20H26ClNO3/c1-15-5-7-16(8-6-15)14-25-20-18(21)11-17(12-19(20)24-2)13-22-9-3-4-10-23/h5-8,11-12,22-23H,3-4,9-10,13-14H2,1-2H3. The van der Waals surface area contributed by atoms with Gasteiger partial charge in [-0.15, -0.1) is 0 Å². The number of hydrogen-bond donors (Lipinski definition) is 2. The maximum Gasteiger partial charge on any atom is 0.180 e. The minimum atomic E-state index is 0.231. The minimum absolute atomic E-state index is 0.231. The summed E-state index contributed by atoms with van der Waals surface area (Å²) in [6.07, 6.45) is 1.75. The molecule has 0 fully saturated rings. The van der Waals surface area contributed by atoms with E-state index in [1.54, 1.807) is 7.11 Å². The van der Waals surface area contributed by atoms with Gasteiger partial charge >= 0.3 is 0 Å². The molecular formula is C20H26ClNO3. The van der Waals surface area contributed by atoms with E-state index in [1.165, 1.54) is 5.56 Å². The summed E-state index contributed by atoms with van der Waals surface area (Å²) in [6, 6.07) is 12.0. The first-order valence-corrected chi connectivity index (χ1v) is 8.88. The lowest BCUT2D eigenvalue weighted by Gasteiger charge is -2.15. The summed E-state index contributed by atoms with van der Waals surface area (Å²) in [5, 5.41) is 12.7. The van der Waals surface area contributed by atoms with Crippen LogP contribution < -0.4 is 14.8 Å². The van der Waals surface area contributed by atoms with Gasteiger partial charge in [-0.3, -0.25) is 0 Å². The molecule has 0 unspecified atom stereocenters. The Morgan fingerprint density at radius 2 is 1.84 bits per heavy atom. The number of aliphatic hydroxyl groups excluding tert-OH is 1. The summed E-state index contributed by atoms with van der Waals surface area (Å²) in [4.78, 5) is 0. The summed E-state index contributed by atoms with van der Waals surface area (Å²) in [5.41, 5.74) is 3.34. The molecule has 136 valence electrons. The highest BCUT2D eigenvalue weighted by Crippen LogP contribution is 2.37. The van der Waals surface area contributed by atoms with Gasteiger partial charge in [-0.25, -0.2) is 0 Å². The second kappa shape index (κ2) is 10.3. The Kier molecular flexibility index (Phi) is 8.06. The van der Waals surface area contributed by atoms with Crippen LogP contribution in [0.3, 0.4) is 0 Å². The molecule has 0 radical (unpaired) electrons. The van der Waals surface area contributed by atoms with Crippen molar-refractivity contribution in [3.63, 3.8) is 0 Å². The van der Waals surface area contributed by atoms with Crippen molar-refractivity contribution < 1.29 is 14.6 Å². The van der Waals surface area contributed by atoms with Gasteiger partial charge in [0.2, 0.25) is 0 Å². The molecule has 0 aromatic heterocycles. The van der Waals surface area contributed by atoms with Gasteiger partial charge < -0.3 is 19.9 Å². The van der Waals surface area contributed by atoms with Crippen molar-refractivity contribution >= 4 is 11.6 Å². The van der Waals surface area contributed by atoms with Crippen molar-refractivity contribution in [2.45, 2.75) is 32.9 Å². The minimum Gasteiger partial charge on any atom is -0.493 e. The molecule has 2 N–H and O–H groups in total. The van der Waals surface area contributed by atoms with Crippen molar-refractivity contribution in [2.24, 2.45) is 0 Å². The predicted octanol–water partition coefficient (Wildman–Crippen LogP) is 4.10. The number of methoxy groups -OCH3 is 1. The van der Waals surface area contributed by atoms with Crippen LogP contribution >= 0.6 is 11.6 Å². The molecule has 25 heavy (non-hydrogen) atoms.